The van der Waals surface area contributed by atoms with Gasteiger partial charge in [-0.1, -0.05) is 0 Å². The van der Waals surface area contributed by atoms with Crippen molar-refractivity contribution in [3.8, 4) is 0 Å². The molecule has 0 radical (unpaired) electrons. The molecule has 0 bridgehead atoms. The van der Waals surface area contributed by atoms with Gasteiger partial charge in [-0.3, -0.25) is 0 Å². The van der Waals surface area contributed by atoms with E-state index in [4.69, 9.17) is 4.74 Å². The van der Waals surface area contributed by atoms with Crippen molar-refractivity contribution in [2.24, 2.45) is 0 Å². The number of alkyl carbamates (subject to hydrolysis) is 1. The van der Waals surface area contributed by atoms with Crippen molar-refractivity contribution in [1.82, 2.24) is 5.32 Å². The van der Waals surface area contributed by atoms with E-state index in [1.807, 2.05) is 0 Å². The molecule has 1 saturated heterocycles. The molecule has 1 aromatic heterocycles. The van der Waals surface area contributed by atoms with Gasteiger partial charge in [0, 0.05) is 11.3 Å². The summed E-state index contributed by atoms with van der Waals surface area (Å²) in [6.07, 6.45) is 0.563. The molecule has 1 N–H and O–H groups in total. The van der Waals surface area contributed by atoms with E-state index in [0.717, 1.165) is 6.42 Å². The number of amides is 1. The molecule has 0 aliphatic carbocycles. The highest BCUT2D eigenvalue weighted by Gasteiger charge is 2.21. The molecule has 1 atom stereocenters. The highest BCUT2D eigenvalue weighted by atomic mass is 32.1. The average Bonchev–Trinajstić information content (AvgIpc) is 2.52. The Kier molecular flexibility index (Phi) is 2.22. The number of thiophene rings is 1. The number of carbonyl (C=O) groups is 1. The Bertz CT molecular complexity index is 321. The maximum absolute atomic E-state index is 10.9. The molecular formula is C9H11NO2S. The maximum Gasteiger partial charge on any atom is 0.407 e. The molecule has 2 heterocycles. The van der Waals surface area contributed by atoms with Crippen LogP contribution in [0.5, 0.6) is 0 Å². The number of cyclic esters (lactones) is 1. The number of hydrogen-bond acceptors (Lipinski definition) is 3. The molecule has 13 heavy (non-hydrogen) atoms. The minimum Gasteiger partial charge on any atom is -0.449 e. The van der Waals surface area contributed by atoms with Gasteiger partial charge in [-0.15, -0.1) is 11.3 Å². The second kappa shape index (κ2) is 3.38. The summed E-state index contributed by atoms with van der Waals surface area (Å²) in [5, 5.41) is 4.89. The first-order valence-corrected chi connectivity index (χ1v) is 5.12. The molecule has 1 aliphatic heterocycles. The van der Waals surface area contributed by atoms with Crippen LogP contribution < -0.4 is 5.32 Å². The van der Waals surface area contributed by atoms with Gasteiger partial charge < -0.3 is 10.1 Å². The lowest BCUT2D eigenvalue weighted by Crippen LogP contribution is -2.34. The Labute approximate surface area is 80.7 Å². The van der Waals surface area contributed by atoms with Crippen LogP contribution in [0.25, 0.3) is 0 Å². The second-order valence-corrected chi connectivity index (χ2v) is 4.09. The molecule has 0 spiro atoms. The van der Waals surface area contributed by atoms with Crippen molar-refractivity contribution in [3.05, 3.63) is 21.9 Å². The number of aryl methyl sites for hydroxylation is 1. The topological polar surface area (TPSA) is 38.3 Å². The minimum atomic E-state index is -0.303. The summed E-state index contributed by atoms with van der Waals surface area (Å²) in [5.41, 5.74) is 1.25. The van der Waals surface area contributed by atoms with Crippen LogP contribution in [0.3, 0.4) is 0 Å². The van der Waals surface area contributed by atoms with Crippen molar-refractivity contribution in [1.29, 1.82) is 0 Å². The van der Waals surface area contributed by atoms with Crippen LogP contribution in [0.1, 0.15) is 22.9 Å². The molecule has 3 nitrogen and oxygen atoms in total. The fraction of sp³-hybridized carbons (Fsp3) is 0.444. The average molecular weight is 197 g/mol. The lowest BCUT2D eigenvalue weighted by Gasteiger charge is -2.22. The summed E-state index contributed by atoms with van der Waals surface area (Å²) >= 11 is 1.69. The largest absolute Gasteiger partial charge is 0.449 e. The number of carbonyl (C=O) groups excluding carboxylic acids is 1. The first kappa shape index (κ1) is 8.56. The van der Waals surface area contributed by atoms with Crippen molar-refractivity contribution in [2.45, 2.75) is 19.4 Å². The number of rotatable bonds is 1. The van der Waals surface area contributed by atoms with E-state index in [1.165, 1.54) is 10.4 Å². The van der Waals surface area contributed by atoms with Gasteiger partial charge in [0.05, 0.1) is 12.6 Å². The van der Waals surface area contributed by atoms with Crippen molar-refractivity contribution in [2.75, 3.05) is 6.61 Å². The summed E-state index contributed by atoms with van der Waals surface area (Å²) < 4.78 is 4.79. The van der Waals surface area contributed by atoms with Crippen LogP contribution in [0.15, 0.2) is 11.4 Å². The molecule has 1 amide bonds. The van der Waals surface area contributed by atoms with Crippen LogP contribution >= 0.6 is 11.3 Å². The van der Waals surface area contributed by atoms with Gasteiger partial charge >= 0.3 is 6.09 Å². The molecule has 2 rings (SSSR count). The Morgan fingerprint density at radius 1 is 1.69 bits per heavy atom. The molecule has 0 aromatic carbocycles. The lowest BCUT2D eigenvalue weighted by molar-refractivity contribution is 0.116. The molecule has 1 aliphatic rings. The quantitative estimate of drug-likeness (QED) is 0.749. The molecular weight excluding hydrogens is 186 g/mol. The summed E-state index contributed by atoms with van der Waals surface area (Å²) in [7, 11) is 0. The van der Waals surface area contributed by atoms with Gasteiger partial charge in [-0.25, -0.2) is 4.79 Å². The van der Waals surface area contributed by atoms with Crippen LogP contribution in [0, 0.1) is 6.92 Å². The Balaban J connectivity index is 2.12. The third kappa shape index (κ3) is 1.83. The van der Waals surface area contributed by atoms with E-state index in [9.17, 15) is 4.79 Å². The molecule has 1 unspecified atom stereocenters. The van der Waals surface area contributed by atoms with Crippen molar-refractivity contribution < 1.29 is 9.53 Å². The first-order valence-electron chi connectivity index (χ1n) is 4.24. The maximum atomic E-state index is 10.9. The summed E-state index contributed by atoms with van der Waals surface area (Å²) in [6.45, 7) is 2.58. The van der Waals surface area contributed by atoms with E-state index in [0.29, 0.717) is 6.61 Å². The normalized spacial score (nSPS) is 22.2. The molecule has 4 heteroatoms. The summed E-state index contributed by atoms with van der Waals surface area (Å²) in [5.74, 6) is 0. The highest BCUT2D eigenvalue weighted by molar-refractivity contribution is 7.10. The number of hydrogen-bond donors (Lipinski definition) is 1. The van der Waals surface area contributed by atoms with Crippen LogP contribution in [0.2, 0.25) is 0 Å². The predicted molar refractivity (Wildman–Crippen MR) is 50.9 cm³/mol. The zero-order chi connectivity index (χ0) is 9.26. The fourth-order valence-corrected chi connectivity index (χ4v) is 2.36. The fourth-order valence-electron chi connectivity index (χ4n) is 1.38. The van der Waals surface area contributed by atoms with Gasteiger partial charge in [0.1, 0.15) is 0 Å². The standard InChI is InChI=1S/C9H11NO2S/c1-6-4-8(13-5-6)7-2-3-12-9(11)10-7/h4-5,7H,2-3H2,1H3,(H,10,11). The van der Waals surface area contributed by atoms with Crippen molar-refractivity contribution >= 4 is 17.4 Å². The Morgan fingerprint density at radius 3 is 3.15 bits per heavy atom. The van der Waals surface area contributed by atoms with Gasteiger partial charge in [-0.2, -0.15) is 0 Å². The lowest BCUT2D eigenvalue weighted by atomic mass is 10.1. The van der Waals surface area contributed by atoms with Gasteiger partial charge in [0.15, 0.2) is 0 Å². The summed E-state index contributed by atoms with van der Waals surface area (Å²) in [4.78, 5) is 12.1. The third-order valence-corrected chi connectivity index (χ3v) is 3.19. The molecule has 0 saturated carbocycles. The SMILES string of the molecule is Cc1csc(C2CCOC(=O)N2)c1. The van der Waals surface area contributed by atoms with E-state index in [-0.39, 0.29) is 12.1 Å². The Hall–Kier alpha value is -1.03. The number of nitrogens with one attached hydrogen (secondary N) is 1. The minimum absolute atomic E-state index is 0.153. The monoisotopic (exact) mass is 197 g/mol. The Morgan fingerprint density at radius 2 is 2.54 bits per heavy atom. The predicted octanol–water partition coefficient (Wildman–Crippen LogP) is 2.23. The van der Waals surface area contributed by atoms with E-state index < -0.39 is 0 Å². The zero-order valence-electron chi connectivity index (χ0n) is 7.37. The van der Waals surface area contributed by atoms with Gasteiger partial charge in [0.25, 0.3) is 0 Å². The molecule has 1 aromatic rings. The third-order valence-electron chi connectivity index (χ3n) is 2.03. The zero-order valence-corrected chi connectivity index (χ0v) is 8.19. The van der Waals surface area contributed by atoms with Crippen LogP contribution in [-0.2, 0) is 4.74 Å². The number of ether oxygens (including phenoxy) is 1. The van der Waals surface area contributed by atoms with E-state index in [1.54, 1.807) is 11.3 Å². The van der Waals surface area contributed by atoms with Gasteiger partial charge in [0.2, 0.25) is 0 Å². The van der Waals surface area contributed by atoms with Crippen LogP contribution in [-0.4, -0.2) is 12.7 Å². The van der Waals surface area contributed by atoms with E-state index in [2.05, 4.69) is 23.7 Å². The van der Waals surface area contributed by atoms with Crippen LogP contribution in [0.4, 0.5) is 4.79 Å². The van der Waals surface area contributed by atoms with Crippen molar-refractivity contribution in [3.63, 3.8) is 0 Å². The summed E-state index contributed by atoms with van der Waals surface area (Å²) in [6, 6.07) is 2.26. The smallest absolute Gasteiger partial charge is 0.407 e. The van der Waals surface area contributed by atoms with E-state index >= 15 is 0 Å². The highest BCUT2D eigenvalue weighted by Crippen LogP contribution is 2.26. The molecule has 70 valence electrons. The first-order chi connectivity index (χ1) is 6.25. The molecule has 1 fully saturated rings. The van der Waals surface area contributed by atoms with Gasteiger partial charge in [-0.05, 0) is 23.9 Å². The second-order valence-electron chi connectivity index (χ2n) is 3.15.